The number of hydrogen-bond acceptors (Lipinski definition) is 3. The summed E-state index contributed by atoms with van der Waals surface area (Å²) < 4.78 is 5.94. The Morgan fingerprint density at radius 1 is 1.10 bits per heavy atom. The summed E-state index contributed by atoms with van der Waals surface area (Å²) in [6, 6.07) is 7.08. The van der Waals surface area contributed by atoms with Crippen molar-refractivity contribution in [2.75, 3.05) is 0 Å². The highest BCUT2D eigenvalue weighted by Crippen LogP contribution is 2.31. The molecule has 1 rings (SSSR count). The molecule has 0 unspecified atom stereocenters. The van der Waals surface area contributed by atoms with Gasteiger partial charge in [-0.05, 0) is 38.1 Å². The summed E-state index contributed by atoms with van der Waals surface area (Å²) in [5, 5.41) is 0. The van der Waals surface area contributed by atoms with E-state index in [9.17, 15) is 9.59 Å². The fourth-order valence-electron chi connectivity index (χ4n) is 2.42. The highest BCUT2D eigenvalue weighted by molar-refractivity contribution is 5.95. The number of primary amides is 1. The maximum absolute atomic E-state index is 11.6. The topological polar surface area (TPSA) is 69.4 Å². The number of Topliss-reactive ketones (excluding diaryl/α,β-unsaturated/α-hetero) is 1. The number of carbonyl (C=O) groups is 2. The van der Waals surface area contributed by atoms with Crippen LogP contribution < -0.4 is 10.5 Å². The Morgan fingerprint density at radius 2 is 1.62 bits per heavy atom. The summed E-state index contributed by atoms with van der Waals surface area (Å²) in [5.74, 6) is 0.437. The molecule has 4 heteroatoms. The average molecular weight is 291 g/mol. The first-order valence-electron chi connectivity index (χ1n) is 7.19. The van der Waals surface area contributed by atoms with Gasteiger partial charge in [0.2, 0.25) is 5.91 Å². The molecule has 0 heterocycles. The second-order valence-electron chi connectivity index (χ2n) is 6.59. The fraction of sp³-hybridized carbons (Fsp3) is 0.529. The second kappa shape index (κ2) is 6.29. The Kier molecular flexibility index (Phi) is 5.15. The predicted molar refractivity (Wildman–Crippen MR) is 83.4 cm³/mol. The molecule has 0 aliphatic heterocycles. The minimum atomic E-state index is -0.637. The summed E-state index contributed by atoms with van der Waals surface area (Å²) in [4.78, 5) is 23.0. The molecule has 0 saturated heterocycles. The molecule has 0 fully saturated rings. The van der Waals surface area contributed by atoms with Gasteiger partial charge >= 0.3 is 0 Å². The van der Waals surface area contributed by atoms with E-state index in [4.69, 9.17) is 10.5 Å². The van der Waals surface area contributed by atoms with Crippen molar-refractivity contribution in [3.05, 3.63) is 29.8 Å². The number of nitrogens with two attached hydrogens (primary N) is 1. The van der Waals surface area contributed by atoms with Crippen LogP contribution in [0, 0.1) is 5.41 Å². The SMILES string of the molecule is CCC(=O)c1ccc(OC(C)(C)CC(C)(C)C(N)=O)cc1. The highest BCUT2D eigenvalue weighted by atomic mass is 16.5. The van der Waals surface area contributed by atoms with E-state index in [-0.39, 0.29) is 11.7 Å². The van der Waals surface area contributed by atoms with Gasteiger partial charge in [0.05, 0.1) is 0 Å². The van der Waals surface area contributed by atoms with E-state index in [1.54, 1.807) is 24.3 Å². The fourth-order valence-corrected chi connectivity index (χ4v) is 2.42. The van der Waals surface area contributed by atoms with Gasteiger partial charge in [0.25, 0.3) is 0 Å². The number of amides is 1. The summed E-state index contributed by atoms with van der Waals surface area (Å²) in [5.41, 5.74) is 4.92. The summed E-state index contributed by atoms with van der Waals surface area (Å²) in [6.07, 6.45) is 0.990. The third-order valence-electron chi connectivity index (χ3n) is 3.43. The zero-order valence-electron chi connectivity index (χ0n) is 13.5. The van der Waals surface area contributed by atoms with Crippen LogP contribution in [0.15, 0.2) is 24.3 Å². The number of carbonyl (C=O) groups excluding carboxylic acids is 2. The molecule has 2 N–H and O–H groups in total. The molecule has 1 aromatic rings. The monoisotopic (exact) mass is 291 g/mol. The van der Waals surface area contributed by atoms with Crippen LogP contribution in [0.25, 0.3) is 0 Å². The van der Waals surface area contributed by atoms with Crippen LogP contribution in [0.1, 0.15) is 57.8 Å². The van der Waals surface area contributed by atoms with E-state index in [1.807, 2.05) is 34.6 Å². The van der Waals surface area contributed by atoms with Gasteiger partial charge in [-0.3, -0.25) is 9.59 Å². The van der Waals surface area contributed by atoms with Crippen LogP contribution in [-0.4, -0.2) is 17.3 Å². The molecule has 0 spiro atoms. The summed E-state index contributed by atoms with van der Waals surface area (Å²) in [7, 11) is 0. The van der Waals surface area contributed by atoms with Crippen molar-refractivity contribution in [1.29, 1.82) is 0 Å². The molecule has 0 radical (unpaired) electrons. The lowest BCUT2D eigenvalue weighted by Gasteiger charge is -2.33. The molecule has 0 bridgehead atoms. The van der Waals surface area contributed by atoms with Crippen LogP contribution in [0.4, 0.5) is 0 Å². The van der Waals surface area contributed by atoms with Crippen LogP contribution >= 0.6 is 0 Å². The van der Waals surface area contributed by atoms with Crippen molar-refractivity contribution < 1.29 is 14.3 Å². The number of hydrogen-bond donors (Lipinski definition) is 1. The molecule has 0 aliphatic carbocycles. The highest BCUT2D eigenvalue weighted by Gasteiger charge is 2.34. The van der Waals surface area contributed by atoms with Crippen molar-refractivity contribution in [2.45, 2.75) is 53.1 Å². The molecular weight excluding hydrogens is 266 g/mol. The first kappa shape index (κ1) is 17.2. The van der Waals surface area contributed by atoms with Crippen LogP contribution in [-0.2, 0) is 4.79 Å². The Hall–Kier alpha value is -1.84. The Labute approximate surface area is 126 Å². The number of rotatable bonds is 7. The molecule has 0 aromatic heterocycles. The lowest BCUT2D eigenvalue weighted by Crippen LogP contribution is -2.41. The predicted octanol–water partition coefficient (Wildman–Crippen LogP) is 3.34. The number of ketones is 1. The Morgan fingerprint density at radius 3 is 2.05 bits per heavy atom. The van der Waals surface area contributed by atoms with E-state index in [2.05, 4.69) is 0 Å². The minimum absolute atomic E-state index is 0.107. The minimum Gasteiger partial charge on any atom is -0.488 e. The second-order valence-corrected chi connectivity index (χ2v) is 6.59. The van der Waals surface area contributed by atoms with Crippen molar-refractivity contribution in [2.24, 2.45) is 11.1 Å². The molecule has 0 aliphatic rings. The van der Waals surface area contributed by atoms with Crippen molar-refractivity contribution >= 4 is 11.7 Å². The molecule has 116 valence electrons. The zero-order chi connectivity index (χ0) is 16.3. The van der Waals surface area contributed by atoms with E-state index < -0.39 is 11.0 Å². The van der Waals surface area contributed by atoms with Crippen molar-refractivity contribution in [1.82, 2.24) is 0 Å². The molecular formula is C17H25NO3. The number of ether oxygens (including phenoxy) is 1. The molecule has 4 nitrogen and oxygen atoms in total. The number of benzene rings is 1. The smallest absolute Gasteiger partial charge is 0.223 e. The van der Waals surface area contributed by atoms with Crippen LogP contribution in [0.2, 0.25) is 0 Å². The van der Waals surface area contributed by atoms with Gasteiger partial charge in [0, 0.05) is 23.8 Å². The summed E-state index contributed by atoms with van der Waals surface area (Å²) in [6.45, 7) is 9.29. The Bertz CT molecular complexity index is 515. The van der Waals surface area contributed by atoms with Gasteiger partial charge in [-0.25, -0.2) is 0 Å². The Balaban J connectivity index is 2.80. The normalized spacial score (nSPS) is 12.0. The molecule has 21 heavy (non-hydrogen) atoms. The molecule has 1 aromatic carbocycles. The quantitative estimate of drug-likeness (QED) is 0.783. The van der Waals surface area contributed by atoms with Gasteiger partial charge < -0.3 is 10.5 Å². The van der Waals surface area contributed by atoms with E-state index in [0.717, 1.165) is 0 Å². The van der Waals surface area contributed by atoms with Gasteiger partial charge in [-0.2, -0.15) is 0 Å². The largest absolute Gasteiger partial charge is 0.488 e. The van der Waals surface area contributed by atoms with Gasteiger partial charge in [-0.15, -0.1) is 0 Å². The zero-order valence-corrected chi connectivity index (χ0v) is 13.5. The van der Waals surface area contributed by atoms with Crippen LogP contribution in [0.5, 0.6) is 5.75 Å². The first-order valence-corrected chi connectivity index (χ1v) is 7.19. The average Bonchev–Trinajstić information content (AvgIpc) is 2.36. The van der Waals surface area contributed by atoms with E-state index in [0.29, 0.717) is 24.2 Å². The molecule has 0 atom stereocenters. The van der Waals surface area contributed by atoms with E-state index in [1.165, 1.54) is 0 Å². The lowest BCUT2D eigenvalue weighted by molar-refractivity contribution is -0.128. The standard InChI is InChI=1S/C17H25NO3/c1-6-14(19)12-7-9-13(10-8-12)21-17(4,5)11-16(2,3)15(18)20/h7-10H,6,11H2,1-5H3,(H2,18,20). The van der Waals surface area contributed by atoms with Gasteiger partial charge in [0.1, 0.15) is 11.4 Å². The third-order valence-corrected chi connectivity index (χ3v) is 3.43. The molecule has 0 saturated carbocycles. The van der Waals surface area contributed by atoms with E-state index >= 15 is 0 Å². The van der Waals surface area contributed by atoms with Gasteiger partial charge in [0.15, 0.2) is 5.78 Å². The van der Waals surface area contributed by atoms with Gasteiger partial charge in [-0.1, -0.05) is 20.8 Å². The molecule has 1 amide bonds. The third kappa shape index (κ3) is 4.88. The van der Waals surface area contributed by atoms with Crippen molar-refractivity contribution in [3.63, 3.8) is 0 Å². The van der Waals surface area contributed by atoms with Crippen LogP contribution in [0.3, 0.4) is 0 Å². The maximum atomic E-state index is 11.6. The van der Waals surface area contributed by atoms with Crippen molar-refractivity contribution in [3.8, 4) is 5.75 Å². The maximum Gasteiger partial charge on any atom is 0.223 e. The summed E-state index contributed by atoms with van der Waals surface area (Å²) >= 11 is 0. The first-order chi connectivity index (χ1) is 9.57. The lowest BCUT2D eigenvalue weighted by atomic mass is 9.81.